The van der Waals surface area contributed by atoms with Crippen molar-refractivity contribution in [3.05, 3.63) is 41.5 Å². The number of nitrogens with two attached hydrogens (primary N) is 1. The Hall–Kier alpha value is -3.08. The van der Waals surface area contributed by atoms with Crippen molar-refractivity contribution in [2.75, 3.05) is 6.54 Å². The van der Waals surface area contributed by atoms with E-state index in [1.807, 2.05) is 19.9 Å². The number of halogens is 4. The van der Waals surface area contributed by atoms with Crippen molar-refractivity contribution in [1.29, 1.82) is 0 Å². The quantitative estimate of drug-likeness (QED) is 0.112. The van der Waals surface area contributed by atoms with Crippen LogP contribution in [0, 0.1) is 11.3 Å². The number of benzene rings is 1. The summed E-state index contributed by atoms with van der Waals surface area (Å²) in [5.41, 5.74) is 7.13. The average molecular weight is 586 g/mol. The van der Waals surface area contributed by atoms with Crippen molar-refractivity contribution >= 4 is 11.9 Å². The van der Waals surface area contributed by atoms with E-state index in [4.69, 9.17) is 5.73 Å². The Kier molecular flexibility index (Phi) is 10.2. The summed E-state index contributed by atoms with van der Waals surface area (Å²) in [6.07, 6.45) is -0.705. The van der Waals surface area contributed by atoms with Crippen LogP contribution in [0.5, 0.6) is 17.2 Å². The van der Waals surface area contributed by atoms with Crippen LogP contribution >= 0.6 is 0 Å². The van der Waals surface area contributed by atoms with E-state index in [0.717, 1.165) is 55.4 Å². The van der Waals surface area contributed by atoms with Crippen molar-refractivity contribution in [3.63, 3.8) is 0 Å². The van der Waals surface area contributed by atoms with E-state index in [0.29, 0.717) is 12.8 Å². The van der Waals surface area contributed by atoms with Gasteiger partial charge in [-0.3, -0.25) is 4.79 Å². The number of hydrogen-bond acceptors (Lipinski definition) is 7. The lowest BCUT2D eigenvalue weighted by molar-refractivity contribution is -0.242. The highest BCUT2D eigenvalue weighted by atomic mass is 19.3. The van der Waals surface area contributed by atoms with Crippen LogP contribution in [0.15, 0.2) is 35.9 Å². The van der Waals surface area contributed by atoms with E-state index < -0.39 is 65.4 Å². The molecule has 1 fully saturated rings. The number of esters is 2. The predicted octanol–water partition coefficient (Wildman–Crippen LogP) is 6.87. The van der Waals surface area contributed by atoms with Crippen LogP contribution in [-0.4, -0.2) is 40.7 Å². The lowest BCUT2D eigenvalue weighted by atomic mass is 9.72. The van der Waals surface area contributed by atoms with Crippen molar-refractivity contribution in [1.82, 2.24) is 0 Å². The lowest BCUT2D eigenvalue weighted by Gasteiger charge is -2.35. The van der Waals surface area contributed by atoms with Crippen molar-refractivity contribution < 1.29 is 46.8 Å². The molecule has 0 aromatic heterocycles. The number of alkyl halides is 4. The summed E-state index contributed by atoms with van der Waals surface area (Å²) in [5, 5.41) is 21.2. The first kappa shape index (κ1) is 32.4. The fourth-order valence-corrected chi connectivity index (χ4v) is 5.81. The molecule has 41 heavy (non-hydrogen) atoms. The maximum Gasteiger partial charge on any atom is 0.400 e. The van der Waals surface area contributed by atoms with Gasteiger partial charge in [0, 0.05) is 30.0 Å². The highest BCUT2D eigenvalue weighted by Crippen LogP contribution is 2.47. The number of phenolic OH excluding ortho intramolecular Hbond substituents is 2. The third-order valence-corrected chi connectivity index (χ3v) is 8.19. The number of rotatable bonds is 11. The molecular weight excluding hydrogens is 546 g/mol. The first-order valence-corrected chi connectivity index (χ1v) is 13.9. The second-order valence-corrected chi connectivity index (χ2v) is 11.6. The first-order chi connectivity index (χ1) is 19.1. The third kappa shape index (κ3) is 8.24. The number of allylic oxidation sites excluding steroid dienone is 3. The molecule has 3 rings (SSSR count). The number of carbonyl (C=O) groups is 2. The van der Waals surface area contributed by atoms with Crippen LogP contribution in [0.1, 0.15) is 89.5 Å². The molecule has 11 heteroatoms. The van der Waals surface area contributed by atoms with E-state index in [9.17, 15) is 37.4 Å². The van der Waals surface area contributed by atoms with Crippen LogP contribution in [0.3, 0.4) is 0 Å². The minimum Gasteiger partial charge on any atom is -0.507 e. The molecule has 0 radical (unpaired) electrons. The Morgan fingerprint density at radius 1 is 1.10 bits per heavy atom. The van der Waals surface area contributed by atoms with Gasteiger partial charge in [0.25, 0.3) is 0 Å². The fraction of sp³-hybridized carbons (Fsp3) is 0.600. The maximum atomic E-state index is 14.5. The van der Waals surface area contributed by atoms with Crippen molar-refractivity contribution in [2.24, 2.45) is 17.1 Å². The monoisotopic (exact) mass is 585 g/mol. The van der Waals surface area contributed by atoms with Crippen LogP contribution in [0.4, 0.5) is 17.6 Å². The summed E-state index contributed by atoms with van der Waals surface area (Å²) >= 11 is 0. The Morgan fingerprint density at radius 2 is 1.71 bits per heavy atom. The zero-order valence-electron chi connectivity index (χ0n) is 23.5. The van der Waals surface area contributed by atoms with Gasteiger partial charge in [0.15, 0.2) is 0 Å². The number of ether oxygens (including phenoxy) is 2. The molecule has 0 saturated heterocycles. The minimum absolute atomic E-state index is 0.0903. The second-order valence-electron chi connectivity index (χ2n) is 11.6. The molecule has 0 bridgehead atoms. The topological polar surface area (TPSA) is 119 Å². The summed E-state index contributed by atoms with van der Waals surface area (Å²) in [7, 11) is 0. The SMILES string of the molecule is C=C(C)[C@@H]1CCC(C)=C[C@H]1c1c(O)cc(OC(=O)C(F)(F)CCC(F)(F)OC(=O)CC2(CN)CCCCC2)cc1O. The van der Waals surface area contributed by atoms with E-state index in [1.54, 1.807) is 0 Å². The molecule has 4 N–H and O–H groups in total. The van der Waals surface area contributed by atoms with Crippen molar-refractivity contribution in [2.45, 2.75) is 96.0 Å². The molecule has 0 heterocycles. The summed E-state index contributed by atoms with van der Waals surface area (Å²) in [4.78, 5) is 24.4. The molecule has 2 aliphatic rings. The lowest BCUT2D eigenvalue weighted by Crippen LogP contribution is -2.38. The number of hydrogen-bond donors (Lipinski definition) is 3. The Labute approximate surface area is 237 Å². The van der Waals surface area contributed by atoms with Crippen LogP contribution in [0.2, 0.25) is 0 Å². The van der Waals surface area contributed by atoms with Crippen LogP contribution in [-0.2, 0) is 14.3 Å². The van der Waals surface area contributed by atoms with Gasteiger partial charge in [-0.2, -0.15) is 17.6 Å². The standard InChI is InChI=1S/C30H39F4NO6/c1-18(2)21-8-7-19(3)13-22(21)26-23(36)14-20(15-24(26)37)40-27(39)29(31,32)11-12-30(33,34)41-25(38)16-28(17-35)9-5-4-6-10-28/h13-15,21-22,36-37H,1,4-12,16-17,35H2,2-3H3/t21-,22+/m0/s1. The summed E-state index contributed by atoms with van der Waals surface area (Å²) in [6.45, 7) is 7.83. The first-order valence-electron chi connectivity index (χ1n) is 13.9. The van der Waals surface area contributed by atoms with Gasteiger partial charge in [0.2, 0.25) is 0 Å². The molecule has 0 aliphatic heterocycles. The Balaban J connectivity index is 1.63. The minimum atomic E-state index is -4.38. The number of aromatic hydroxyl groups is 2. The molecular formula is C30H39F4NO6. The third-order valence-electron chi connectivity index (χ3n) is 8.19. The van der Waals surface area contributed by atoms with Gasteiger partial charge in [-0.15, -0.1) is 0 Å². The molecule has 228 valence electrons. The van der Waals surface area contributed by atoms with Gasteiger partial charge in [-0.05, 0) is 57.4 Å². The summed E-state index contributed by atoms with van der Waals surface area (Å²) < 4.78 is 66.4. The van der Waals surface area contributed by atoms with E-state index in [-0.39, 0.29) is 24.4 Å². The molecule has 0 spiro atoms. The number of phenols is 2. The van der Waals surface area contributed by atoms with Gasteiger partial charge >= 0.3 is 24.0 Å². The molecule has 1 aromatic rings. The summed E-state index contributed by atoms with van der Waals surface area (Å²) in [5.74, 6) is -9.86. The maximum absolute atomic E-state index is 14.5. The fourth-order valence-electron chi connectivity index (χ4n) is 5.81. The zero-order valence-corrected chi connectivity index (χ0v) is 23.5. The largest absolute Gasteiger partial charge is 0.507 e. The van der Waals surface area contributed by atoms with E-state index >= 15 is 0 Å². The molecule has 2 atom stereocenters. The molecule has 0 unspecified atom stereocenters. The molecule has 1 saturated carbocycles. The smallest absolute Gasteiger partial charge is 0.400 e. The van der Waals surface area contributed by atoms with E-state index in [2.05, 4.69) is 16.1 Å². The Bertz CT molecular complexity index is 1150. The van der Waals surface area contributed by atoms with Gasteiger partial charge in [0.1, 0.15) is 17.2 Å². The van der Waals surface area contributed by atoms with Gasteiger partial charge < -0.3 is 25.4 Å². The normalized spacial score (nSPS) is 21.1. The number of carbonyl (C=O) groups excluding carboxylic acids is 2. The average Bonchev–Trinajstić information content (AvgIpc) is 2.87. The predicted molar refractivity (Wildman–Crippen MR) is 144 cm³/mol. The van der Waals surface area contributed by atoms with Crippen molar-refractivity contribution in [3.8, 4) is 17.2 Å². The van der Waals surface area contributed by atoms with E-state index in [1.165, 1.54) is 0 Å². The zero-order chi connectivity index (χ0) is 30.6. The van der Waals surface area contributed by atoms with Gasteiger partial charge in [0.05, 0.1) is 12.8 Å². The van der Waals surface area contributed by atoms with Gasteiger partial charge in [-0.25, -0.2) is 4.79 Å². The molecule has 2 aliphatic carbocycles. The highest BCUT2D eigenvalue weighted by molar-refractivity contribution is 5.80. The van der Waals surface area contributed by atoms with Crippen LogP contribution in [0.25, 0.3) is 0 Å². The summed E-state index contributed by atoms with van der Waals surface area (Å²) in [6, 6.07) is 1.82. The molecule has 0 amide bonds. The molecule has 7 nitrogen and oxygen atoms in total. The van der Waals surface area contributed by atoms with Gasteiger partial charge in [-0.1, -0.05) is 43.1 Å². The Morgan fingerprint density at radius 3 is 2.27 bits per heavy atom. The highest BCUT2D eigenvalue weighted by Gasteiger charge is 2.47. The second kappa shape index (κ2) is 12.8. The molecule has 1 aromatic carbocycles. The van der Waals surface area contributed by atoms with Crippen LogP contribution < -0.4 is 10.5 Å².